The molecule has 0 saturated carbocycles. The lowest BCUT2D eigenvalue weighted by atomic mass is 9.71. The van der Waals surface area contributed by atoms with E-state index in [-0.39, 0.29) is 23.9 Å². The van der Waals surface area contributed by atoms with Crippen LogP contribution in [0.4, 0.5) is 4.79 Å². The molecule has 0 aliphatic carbocycles. The minimum Gasteiger partial charge on any atom is -0.508 e. The molecular formula is C77H106O10. The van der Waals surface area contributed by atoms with E-state index < -0.39 is 11.8 Å². The standard InChI is InChI=1S/C28H34O3.C15H22O3.C14H22O2.2C10H14O/c1-7-29-25-14-8-22(9-15-25)28(6,23-10-16-26(17-11-23)30-20(2)3)24-12-18-27(19-13-24)31-21(4)5;1-6-11(2)12-7-9-13(10-8-12)17-14(16)18-15(3,4)5;1-5-11(3)13-7-9-14(10-8-13)16-12(4)15-6-2;2*1-3-8(2)9-4-6-10(11)7-5-9/h8-21H,7H2,1-6H3;7-11H,6H2,1-5H3;7-12H,5-6H2,1-4H3;2*4-8,11H,3H2,1-2H3. The number of carbonyl (C=O) groups is 1. The van der Waals surface area contributed by atoms with Crippen LogP contribution in [0.5, 0.6) is 40.2 Å². The van der Waals surface area contributed by atoms with Gasteiger partial charge in [0.25, 0.3) is 0 Å². The molecule has 2 N–H and O–H groups in total. The fourth-order valence-electron chi connectivity index (χ4n) is 8.94. The predicted octanol–water partition coefficient (Wildman–Crippen LogP) is 21.3. The fraction of sp³-hybridized carbons (Fsp3) is 0.442. The van der Waals surface area contributed by atoms with Gasteiger partial charge in [0.05, 0.1) is 18.8 Å². The molecule has 87 heavy (non-hydrogen) atoms. The number of ether oxygens (including phenoxy) is 7. The Morgan fingerprint density at radius 3 is 0.954 bits per heavy atom. The molecule has 0 aliphatic rings. The van der Waals surface area contributed by atoms with Crippen LogP contribution in [-0.2, 0) is 14.9 Å². The maximum atomic E-state index is 11.5. The Labute approximate surface area is 524 Å². The molecule has 10 heteroatoms. The third kappa shape index (κ3) is 26.6. The highest BCUT2D eigenvalue weighted by molar-refractivity contribution is 5.64. The first-order valence-electron chi connectivity index (χ1n) is 31.5. The van der Waals surface area contributed by atoms with Gasteiger partial charge in [-0.3, -0.25) is 0 Å². The van der Waals surface area contributed by atoms with Crippen molar-refractivity contribution in [1.82, 2.24) is 0 Å². The van der Waals surface area contributed by atoms with Crippen molar-refractivity contribution in [1.29, 1.82) is 0 Å². The van der Waals surface area contributed by atoms with Crippen molar-refractivity contribution in [2.45, 2.75) is 210 Å². The Bertz CT molecular complexity index is 2820. The molecule has 10 nitrogen and oxygen atoms in total. The Kier molecular flexibility index (Phi) is 32.2. The van der Waals surface area contributed by atoms with E-state index in [2.05, 4.69) is 135 Å². The van der Waals surface area contributed by atoms with Crippen LogP contribution in [0.2, 0.25) is 0 Å². The van der Waals surface area contributed by atoms with Crippen LogP contribution in [0.3, 0.4) is 0 Å². The summed E-state index contributed by atoms with van der Waals surface area (Å²) in [5, 5.41) is 18.0. The summed E-state index contributed by atoms with van der Waals surface area (Å²) in [5.74, 6) is 7.03. The average Bonchev–Trinajstić information content (AvgIpc) is 1.21. The largest absolute Gasteiger partial charge is 0.514 e. The Balaban J connectivity index is 0.000000304. The molecule has 0 saturated heterocycles. The molecule has 7 rings (SSSR count). The molecule has 0 aliphatic heterocycles. The molecule has 5 atom stereocenters. The van der Waals surface area contributed by atoms with Crippen LogP contribution in [0.25, 0.3) is 0 Å². The maximum Gasteiger partial charge on any atom is 0.514 e. The van der Waals surface area contributed by atoms with Gasteiger partial charge < -0.3 is 43.4 Å². The highest BCUT2D eigenvalue weighted by atomic mass is 16.7. The summed E-state index contributed by atoms with van der Waals surface area (Å²) in [5.41, 5.74) is 7.93. The Morgan fingerprint density at radius 2 is 0.667 bits per heavy atom. The van der Waals surface area contributed by atoms with E-state index in [4.69, 9.17) is 43.4 Å². The van der Waals surface area contributed by atoms with Crippen molar-refractivity contribution in [3.05, 3.63) is 209 Å². The van der Waals surface area contributed by atoms with E-state index in [1.807, 2.05) is 109 Å². The van der Waals surface area contributed by atoms with Crippen molar-refractivity contribution < 1.29 is 48.2 Å². The lowest BCUT2D eigenvalue weighted by Crippen LogP contribution is -2.25. The molecule has 5 unspecified atom stereocenters. The Morgan fingerprint density at radius 1 is 0.379 bits per heavy atom. The van der Waals surface area contributed by atoms with Gasteiger partial charge in [-0.2, -0.15) is 0 Å². The topological polar surface area (TPSA) is 122 Å². The quantitative estimate of drug-likeness (QED) is 0.0294. The lowest BCUT2D eigenvalue weighted by molar-refractivity contribution is -0.0613. The van der Waals surface area contributed by atoms with E-state index in [0.717, 1.165) is 48.7 Å². The molecular weight excluding hydrogens is 1080 g/mol. The number of hydrogen-bond acceptors (Lipinski definition) is 10. The van der Waals surface area contributed by atoms with Crippen LogP contribution in [-0.4, -0.2) is 53.7 Å². The molecule has 0 heterocycles. The second kappa shape index (κ2) is 38.0. The molecule has 0 aromatic heterocycles. The van der Waals surface area contributed by atoms with Crippen LogP contribution < -0.4 is 23.7 Å². The molecule has 0 amide bonds. The second-order valence-electron chi connectivity index (χ2n) is 23.7. The Hall–Kier alpha value is -7.43. The average molecular weight is 1190 g/mol. The first-order valence-corrected chi connectivity index (χ1v) is 31.5. The number of carbonyl (C=O) groups excluding carboxylic acids is 1. The van der Waals surface area contributed by atoms with Crippen molar-refractivity contribution >= 4 is 6.16 Å². The van der Waals surface area contributed by atoms with E-state index in [1.54, 1.807) is 57.2 Å². The number of hydrogen-bond donors (Lipinski definition) is 2. The van der Waals surface area contributed by atoms with E-state index >= 15 is 0 Å². The summed E-state index contributed by atoms with van der Waals surface area (Å²) < 4.78 is 38.5. The normalized spacial score (nSPS) is 12.7. The third-order valence-electron chi connectivity index (χ3n) is 14.9. The summed E-state index contributed by atoms with van der Waals surface area (Å²) in [6.45, 7) is 40.5. The highest BCUT2D eigenvalue weighted by Gasteiger charge is 2.31. The van der Waals surface area contributed by atoms with Crippen molar-refractivity contribution in [3.63, 3.8) is 0 Å². The second-order valence-corrected chi connectivity index (χ2v) is 23.7. The third-order valence-corrected chi connectivity index (χ3v) is 14.9. The predicted molar refractivity (Wildman–Crippen MR) is 360 cm³/mol. The van der Waals surface area contributed by atoms with Crippen LogP contribution in [0, 0.1) is 0 Å². The lowest BCUT2D eigenvalue weighted by Gasteiger charge is -2.32. The number of rotatable bonds is 22. The zero-order valence-electron chi connectivity index (χ0n) is 56.1. The summed E-state index contributed by atoms with van der Waals surface area (Å²) in [6, 6.07) is 55.9. The van der Waals surface area contributed by atoms with Crippen LogP contribution in [0.1, 0.15) is 220 Å². The molecule has 0 spiro atoms. The first kappa shape index (κ1) is 73.8. The van der Waals surface area contributed by atoms with Gasteiger partial charge in [-0.05, 0) is 249 Å². The van der Waals surface area contributed by atoms with Crippen molar-refractivity contribution in [2.24, 2.45) is 0 Å². The van der Waals surface area contributed by atoms with Crippen molar-refractivity contribution in [3.8, 4) is 40.2 Å². The van der Waals surface area contributed by atoms with Gasteiger partial charge in [-0.1, -0.05) is 140 Å². The molecule has 0 fully saturated rings. The molecule has 7 aromatic rings. The van der Waals surface area contributed by atoms with E-state index in [0.29, 0.717) is 54.1 Å². The zero-order valence-corrected chi connectivity index (χ0v) is 56.1. The van der Waals surface area contributed by atoms with Gasteiger partial charge in [0.2, 0.25) is 0 Å². The van der Waals surface area contributed by atoms with Crippen molar-refractivity contribution in [2.75, 3.05) is 13.2 Å². The summed E-state index contributed by atoms with van der Waals surface area (Å²) in [7, 11) is 0. The highest BCUT2D eigenvalue weighted by Crippen LogP contribution is 2.41. The monoisotopic (exact) mass is 1190 g/mol. The van der Waals surface area contributed by atoms with Gasteiger partial charge in [-0.15, -0.1) is 0 Å². The number of benzene rings is 7. The maximum absolute atomic E-state index is 11.5. The van der Waals surface area contributed by atoms with Gasteiger partial charge in [0, 0.05) is 12.0 Å². The molecule has 7 aromatic carbocycles. The number of phenolic OH excluding ortho intramolecular Hbond substituents is 2. The minimum atomic E-state index is -0.668. The van der Waals surface area contributed by atoms with Crippen LogP contribution in [0.15, 0.2) is 170 Å². The van der Waals surface area contributed by atoms with E-state index in [9.17, 15) is 4.79 Å². The van der Waals surface area contributed by atoms with E-state index in [1.165, 1.54) is 38.9 Å². The molecule has 0 bridgehead atoms. The molecule has 474 valence electrons. The fourth-order valence-corrected chi connectivity index (χ4v) is 8.94. The summed E-state index contributed by atoms with van der Waals surface area (Å²) in [6.07, 6.45) is 3.99. The SMILES string of the molecule is CCC(C)c1ccc(O)cc1.CCC(C)c1ccc(O)cc1.CCC(C)c1ccc(OC(=O)OC(C)(C)C)cc1.CCOC(C)Oc1ccc(C(C)CC)cc1.CCOc1ccc(C(C)(c2ccc(OC(C)C)cc2)c2ccc(OC(C)C)cc2)cc1. The first-order chi connectivity index (χ1) is 41.3. The number of phenols is 2. The molecule has 0 radical (unpaired) electrons. The van der Waals surface area contributed by atoms with Gasteiger partial charge in [0.15, 0.2) is 6.29 Å². The van der Waals surface area contributed by atoms with Gasteiger partial charge in [-0.25, -0.2) is 4.79 Å². The number of aromatic hydroxyl groups is 2. The van der Waals surface area contributed by atoms with Gasteiger partial charge in [0.1, 0.15) is 45.8 Å². The van der Waals surface area contributed by atoms with Crippen LogP contribution >= 0.6 is 0 Å². The minimum absolute atomic E-state index is 0.150. The summed E-state index contributed by atoms with van der Waals surface area (Å²) in [4.78, 5) is 11.5. The smallest absolute Gasteiger partial charge is 0.508 e. The zero-order chi connectivity index (χ0) is 64.7. The van der Waals surface area contributed by atoms with Gasteiger partial charge >= 0.3 is 6.16 Å². The summed E-state index contributed by atoms with van der Waals surface area (Å²) >= 11 is 0.